The third-order valence-corrected chi connectivity index (χ3v) is 4.07. The van der Waals surface area contributed by atoms with Crippen LogP contribution in [0.4, 0.5) is 19.0 Å². The number of fused-ring (bicyclic) bond motifs is 2. The Morgan fingerprint density at radius 3 is 2.84 bits per heavy atom. The third kappa shape index (κ3) is 2.86. The highest BCUT2D eigenvalue weighted by Gasteiger charge is 2.37. The molecule has 3 heterocycles. The number of ether oxygens (including phenoxy) is 1. The molecule has 0 fully saturated rings. The second-order valence-corrected chi connectivity index (χ2v) is 5.88. The summed E-state index contributed by atoms with van der Waals surface area (Å²) in [6.45, 7) is 1.19. The summed E-state index contributed by atoms with van der Waals surface area (Å²) < 4.78 is 45.1. The van der Waals surface area contributed by atoms with E-state index in [4.69, 9.17) is 4.74 Å². The van der Waals surface area contributed by atoms with E-state index in [9.17, 15) is 13.2 Å². The van der Waals surface area contributed by atoms with Gasteiger partial charge in [0, 0.05) is 20.0 Å². The van der Waals surface area contributed by atoms with Crippen molar-refractivity contribution in [1.82, 2.24) is 19.8 Å². The van der Waals surface area contributed by atoms with Crippen molar-refractivity contribution in [3.05, 3.63) is 47.3 Å². The maximum absolute atomic E-state index is 13.0. The quantitative estimate of drug-likeness (QED) is 0.728. The number of aromatic nitrogens is 4. The molecule has 130 valence electrons. The zero-order valence-electron chi connectivity index (χ0n) is 13.3. The van der Waals surface area contributed by atoms with Crippen LogP contribution in [0.25, 0.3) is 5.65 Å². The van der Waals surface area contributed by atoms with Gasteiger partial charge in [0.15, 0.2) is 5.65 Å². The smallest absolute Gasteiger partial charge is 0.453 e. The first kappa shape index (κ1) is 15.7. The Labute approximate surface area is 140 Å². The maximum atomic E-state index is 13.0. The van der Waals surface area contributed by atoms with Crippen LogP contribution >= 0.6 is 0 Å². The molecule has 0 bridgehead atoms. The summed E-state index contributed by atoms with van der Waals surface area (Å²) in [6, 6.07) is 9.01. The Morgan fingerprint density at radius 1 is 1.20 bits per heavy atom. The number of halogens is 3. The van der Waals surface area contributed by atoms with Crippen LogP contribution in [0.3, 0.4) is 0 Å². The number of rotatable bonds is 3. The van der Waals surface area contributed by atoms with E-state index in [2.05, 4.69) is 21.4 Å². The van der Waals surface area contributed by atoms with Gasteiger partial charge in [-0.2, -0.15) is 17.7 Å². The Morgan fingerprint density at radius 2 is 2.04 bits per heavy atom. The van der Waals surface area contributed by atoms with E-state index < -0.39 is 12.0 Å². The number of hydrogen-bond donors (Lipinski definition) is 0. The van der Waals surface area contributed by atoms with Gasteiger partial charge in [-0.3, -0.25) is 0 Å². The molecule has 0 saturated heterocycles. The van der Waals surface area contributed by atoms with Crippen molar-refractivity contribution in [2.45, 2.75) is 19.1 Å². The molecule has 0 radical (unpaired) electrons. The molecule has 0 saturated carbocycles. The molecule has 0 spiro atoms. The molecule has 1 aliphatic heterocycles. The van der Waals surface area contributed by atoms with Gasteiger partial charge < -0.3 is 9.64 Å². The van der Waals surface area contributed by atoms with Crippen LogP contribution < -0.4 is 9.64 Å². The lowest BCUT2D eigenvalue weighted by atomic mass is 10.1. The predicted octanol–water partition coefficient (Wildman–Crippen LogP) is 2.71. The molecular weight excluding hydrogens is 335 g/mol. The summed E-state index contributed by atoms with van der Waals surface area (Å²) in [6.07, 6.45) is -3.74. The summed E-state index contributed by atoms with van der Waals surface area (Å²) in [5, 5.41) is 10.7. The fourth-order valence-corrected chi connectivity index (χ4v) is 2.85. The number of benzene rings is 1. The van der Waals surface area contributed by atoms with Gasteiger partial charge in [-0.15, -0.1) is 15.3 Å². The standard InChI is InChI=1S/C16H14F3N5O/c1-23(9-10-2-3-12-11(8-10)6-7-25-12)14-5-4-13-20-21-15(16(17,18)19)24(13)22-14/h2-5,8H,6-7,9H2,1H3. The van der Waals surface area contributed by atoms with Gasteiger partial charge in [-0.25, -0.2) is 0 Å². The third-order valence-electron chi connectivity index (χ3n) is 4.07. The van der Waals surface area contributed by atoms with Gasteiger partial charge >= 0.3 is 6.18 Å². The molecule has 0 amide bonds. The lowest BCUT2D eigenvalue weighted by Crippen LogP contribution is -2.20. The fourth-order valence-electron chi connectivity index (χ4n) is 2.85. The van der Waals surface area contributed by atoms with Gasteiger partial charge in [0.05, 0.1) is 6.61 Å². The molecule has 3 aromatic rings. The minimum absolute atomic E-state index is 0.0548. The average molecular weight is 349 g/mol. The second-order valence-electron chi connectivity index (χ2n) is 5.88. The van der Waals surface area contributed by atoms with Crippen molar-refractivity contribution < 1.29 is 17.9 Å². The summed E-state index contributed by atoms with van der Waals surface area (Å²) in [5.74, 6) is 0.159. The average Bonchev–Trinajstić information content (AvgIpc) is 3.19. The van der Waals surface area contributed by atoms with Crippen LogP contribution in [0.15, 0.2) is 30.3 Å². The minimum Gasteiger partial charge on any atom is -0.493 e. The van der Waals surface area contributed by atoms with Crippen LogP contribution in [0.5, 0.6) is 5.75 Å². The highest BCUT2D eigenvalue weighted by molar-refractivity contribution is 5.47. The molecule has 1 aliphatic rings. The first-order valence-corrected chi connectivity index (χ1v) is 7.67. The molecule has 1 aromatic carbocycles. The molecule has 0 aliphatic carbocycles. The minimum atomic E-state index is -4.61. The Kier molecular flexibility index (Phi) is 3.52. The Balaban J connectivity index is 1.62. The summed E-state index contributed by atoms with van der Waals surface area (Å²) >= 11 is 0. The molecule has 0 N–H and O–H groups in total. The van der Waals surface area contributed by atoms with Crippen molar-refractivity contribution in [2.24, 2.45) is 0 Å². The largest absolute Gasteiger partial charge is 0.493 e. The van der Waals surface area contributed by atoms with E-state index in [1.807, 2.05) is 12.1 Å². The molecular formula is C16H14F3N5O. The number of anilines is 1. The Bertz CT molecular complexity index is 937. The zero-order chi connectivity index (χ0) is 17.6. The van der Waals surface area contributed by atoms with Crippen LogP contribution in [0, 0.1) is 0 Å². The van der Waals surface area contributed by atoms with Crippen molar-refractivity contribution >= 4 is 11.5 Å². The summed E-state index contributed by atoms with van der Waals surface area (Å²) in [7, 11) is 1.77. The first-order valence-electron chi connectivity index (χ1n) is 7.67. The van der Waals surface area contributed by atoms with Gasteiger partial charge in [0.2, 0.25) is 0 Å². The van der Waals surface area contributed by atoms with E-state index in [0.717, 1.165) is 27.8 Å². The zero-order valence-corrected chi connectivity index (χ0v) is 13.3. The van der Waals surface area contributed by atoms with E-state index in [0.29, 0.717) is 19.0 Å². The van der Waals surface area contributed by atoms with Crippen molar-refractivity contribution in [2.75, 3.05) is 18.6 Å². The molecule has 6 nitrogen and oxygen atoms in total. The predicted molar refractivity (Wildman–Crippen MR) is 83.5 cm³/mol. The topological polar surface area (TPSA) is 55.5 Å². The molecule has 4 rings (SSSR count). The molecule has 9 heteroatoms. The number of hydrogen-bond acceptors (Lipinski definition) is 5. The van der Waals surface area contributed by atoms with Gasteiger partial charge in [-0.05, 0) is 29.3 Å². The molecule has 2 aromatic heterocycles. The fraction of sp³-hybridized carbons (Fsp3) is 0.312. The van der Waals surface area contributed by atoms with Crippen molar-refractivity contribution in [3.63, 3.8) is 0 Å². The van der Waals surface area contributed by atoms with Crippen LogP contribution in [0.2, 0.25) is 0 Å². The lowest BCUT2D eigenvalue weighted by Gasteiger charge is -2.18. The molecule has 25 heavy (non-hydrogen) atoms. The van der Waals surface area contributed by atoms with Crippen molar-refractivity contribution in [1.29, 1.82) is 0 Å². The van der Waals surface area contributed by atoms with Gasteiger partial charge in [0.1, 0.15) is 11.6 Å². The van der Waals surface area contributed by atoms with E-state index in [1.54, 1.807) is 18.0 Å². The van der Waals surface area contributed by atoms with E-state index >= 15 is 0 Å². The molecule has 0 atom stereocenters. The monoisotopic (exact) mass is 349 g/mol. The number of nitrogens with zero attached hydrogens (tertiary/aromatic N) is 5. The SMILES string of the molecule is CN(Cc1ccc2c(c1)CCO2)c1ccc2nnc(C(F)(F)F)n2n1. The van der Waals surface area contributed by atoms with Crippen LogP contribution in [-0.2, 0) is 19.1 Å². The van der Waals surface area contributed by atoms with E-state index in [1.165, 1.54) is 6.07 Å². The van der Waals surface area contributed by atoms with Crippen LogP contribution in [-0.4, -0.2) is 33.5 Å². The van der Waals surface area contributed by atoms with E-state index in [-0.39, 0.29) is 5.65 Å². The lowest BCUT2D eigenvalue weighted by molar-refractivity contribution is -0.146. The first-order chi connectivity index (χ1) is 11.9. The normalized spacial score (nSPS) is 13.8. The highest BCUT2D eigenvalue weighted by Crippen LogP contribution is 2.29. The van der Waals surface area contributed by atoms with Crippen LogP contribution in [0.1, 0.15) is 17.0 Å². The maximum Gasteiger partial charge on any atom is 0.453 e. The summed E-state index contributed by atoms with van der Waals surface area (Å²) in [4.78, 5) is 1.77. The second kappa shape index (κ2) is 5.61. The highest BCUT2D eigenvalue weighted by atomic mass is 19.4. The van der Waals surface area contributed by atoms with Gasteiger partial charge in [0.25, 0.3) is 5.82 Å². The summed E-state index contributed by atoms with van der Waals surface area (Å²) in [5.41, 5.74) is 2.24. The number of alkyl halides is 3. The van der Waals surface area contributed by atoms with Crippen molar-refractivity contribution in [3.8, 4) is 5.75 Å². The Hall–Kier alpha value is -2.84. The van der Waals surface area contributed by atoms with Gasteiger partial charge in [-0.1, -0.05) is 12.1 Å². The molecule has 0 unspecified atom stereocenters.